The van der Waals surface area contributed by atoms with Crippen molar-refractivity contribution < 1.29 is 27.1 Å². The Kier molecular flexibility index (Phi) is 7.01. The second-order valence-electron chi connectivity index (χ2n) is 7.52. The van der Waals surface area contributed by atoms with Crippen LogP contribution in [0.15, 0.2) is 42.7 Å². The van der Waals surface area contributed by atoms with Crippen molar-refractivity contribution in [2.75, 3.05) is 24.7 Å². The first kappa shape index (κ1) is 24.6. The van der Waals surface area contributed by atoms with Gasteiger partial charge in [-0.05, 0) is 49.7 Å². The van der Waals surface area contributed by atoms with Gasteiger partial charge >= 0.3 is 6.18 Å². The summed E-state index contributed by atoms with van der Waals surface area (Å²) in [5, 5.41) is 4.34. The van der Waals surface area contributed by atoms with Crippen LogP contribution in [0.2, 0.25) is 0 Å². The molecule has 176 valence electrons. The number of alkyl halides is 4. The molecule has 0 saturated heterocycles. The summed E-state index contributed by atoms with van der Waals surface area (Å²) in [6, 6.07) is 6.64. The quantitative estimate of drug-likeness (QED) is 0.483. The Morgan fingerprint density at radius 2 is 1.97 bits per heavy atom. The monoisotopic (exact) mass is 482 g/mol. The van der Waals surface area contributed by atoms with Crippen LogP contribution in [0.4, 0.5) is 23.2 Å². The highest BCUT2D eigenvalue weighted by Gasteiger charge is 2.38. The average molecular weight is 483 g/mol. The molecule has 1 aliphatic heterocycles. The van der Waals surface area contributed by atoms with E-state index in [1.54, 1.807) is 23.1 Å². The minimum Gasteiger partial charge on any atom is -0.490 e. The maximum absolute atomic E-state index is 13.6. The van der Waals surface area contributed by atoms with Gasteiger partial charge in [0.05, 0.1) is 17.8 Å². The maximum atomic E-state index is 13.6. The number of nitrogens with zero attached hydrogens (tertiary/aromatic N) is 4. The number of hydrogen-bond acceptors (Lipinski definition) is 4. The van der Waals surface area contributed by atoms with E-state index in [4.69, 9.17) is 4.74 Å². The van der Waals surface area contributed by atoms with Gasteiger partial charge in [-0.25, -0.2) is 4.39 Å². The molecular weight excluding hydrogens is 460 g/mol. The molecule has 4 rings (SSSR count). The van der Waals surface area contributed by atoms with Gasteiger partial charge in [-0.1, -0.05) is 0 Å². The molecule has 3 aromatic rings. The van der Waals surface area contributed by atoms with Crippen LogP contribution in [0.25, 0.3) is 11.1 Å². The van der Waals surface area contributed by atoms with Gasteiger partial charge in [0.1, 0.15) is 24.7 Å². The first-order valence-corrected chi connectivity index (χ1v) is 9.93. The number of halogens is 4. The van der Waals surface area contributed by atoms with E-state index < -0.39 is 36.7 Å². The van der Waals surface area contributed by atoms with Crippen LogP contribution in [-0.4, -0.2) is 40.5 Å². The molecule has 3 heterocycles. The number of ether oxygens (including phenoxy) is 1. The molecule has 0 bridgehead atoms. The Morgan fingerprint density at radius 3 is 2.64 bits per heavy atom. The third-order valence-electron chi connectivity index (χ3n) is 5.23. The van der Waals surface area contributed by atoms with Crippen molar-refractivity contribution in [3.63, 3.8) is 0 Å². The van der Waals surface area contributed by atoms with Gasteiger partial charge < -0.3 is 9.64 Å². The predicted octanol–water partition coefficient (Wildman–Crippen LogP) is 4.95. The second kappa shape index (κ2) is 9.42. The Hall–Kier alpha value is -3.08. The molecule has 33 heavy (non-hydrogen) atoms. The number of pyridine rings is 1. The van der Waals surface area contributed by atoms with Crippen LogP contribution in [0.3, 0.4) is 0 Å². The fraction of sp³-hybridized carbons (Fsp3) is 0.318. The second-order valence-corrected chi connectivity index (χ2v) is 7.52. The molecule has 1 aromatic carbocycles. The number of hydrogen-bond donors (Lipinski definition) is 0. The summed E-state index contributed by atoms with van der Waals surface area (Å²) < 4.78 is 59.8. The lowest BCUT2D eigenvalue weighted by Crippen LogP contribution is -2.43. The molecule has 0 saturated carbocycles. The standard InChI is InChI=1S/C22H20F4N4O2.H2S/c1-13-9-15(5-7-27-13)17-11-28-30-14(2)12-29(21(31)20(17)30)16-3-4-19(32-8-6-23)18(10-16)22(24,25)26;/h3-5,7,9-11,14H,6,8,12H2,1-2H3;1H2/t14-;/m0./s1. The summed E-state index contributed by atoms with van der Waals surface area (Å²) in [6.07, 6.45) is -1.53. The van der Waals surface area contributed by atoms with Gasteiger partial charge in [-0.15, -0.1) is 0 Å². The molecule has 1 atom stereocenters. The van der Waals surface area contributed by atoms with Crippen molar-refractivity contribution in [1.82, 2.24) is 14.8 Å². The third kappa shape index (κ3) is 4.68. The highest BCUT2D eigenvalue weighted by Crippen LogP contribution is 2.40. The highest BCUT2D eigenvalue weighted by atomic mass is 32.1. The van der Waals surface area contributed by atoms with E-state index in [0.29, 0.717) is 11.3 Å². The molecular formula is C22H22F4N4O2S. The van der Waals surface area contributed by atoms with E-state index in [0.717, 1.165) is 23.4 Å². The van der Waals surface area contributed by atoms with Gasteiger partial charge in [0.25, 0.3) is 5.91 Å². The molecule has 11 heteroatoms. The number of anilines is 1. The predicted molar refractivity (Wildman–Crippen MR) is 120 cm³/mol. The fourth-order valence-electron chi connectivity index (χ4n) is 3.79. The van der Waals surface area contributed by atoms with Crippen molar-refractivity contribution in [3.8, 4) is 16.9 Å². The Labute approximate surface area is 194 Å². The first-order chi connectivity index (χ1) is 15.2. The van der Waals surface area contributed by atoms with Gasteiger partial charge in [-0.2, -0.15) is 31.8 Å². The normalized spacial score (nSPS) is 15.8. The Morgan fingerprint density at radius 1 is 1.21 bits per heavy atom. The van der Waals surface area contributed by atoms with Crippen LogP contribution < -0.4 is 9.64 Å². The number of carbonyl (C=O) groups excluding carboxylic acids is 1. The number of aryl methyl sites for hydroxylation is 1. The lowest BCUT2D eigenvalue weighted by atomic mass is 10.0. The minimum absolute atomic E-state index is 0. The van der Waals surface area contributed by atoms with Crippen molar-refractivity contribution in [1.29, 1.82) is 0 Å². The molecule has 1 amide bonds. The van der Waals surface area contributed by atoms with Crippen LogP contribution in [0.1, 0.15) is 34.7 Å². The molecule has 0 fully saturated rings. The lowest BCUT2D eigenvalue weighted by Gasteiger charge is -2.33. The Bertz CT molecular complexity index is 1170. The fourth-order valence-corrected chi connectivity index (χ4v) is 3.79. The van der Waals surface area contributed by atoms with Gasteiger partial charge in [-0.3, -0.25) is 14.5 Å². The van der Waals surface area contributed by atoms with Crippen molar-refractivity contribution >= 4 is 25.1 Å². The average Bonchev–Trinajstić information content (AvgIpc) is 3.20. The smallest absolute Gasteiger partial charge is 0.420 e. The number of aromatic nitrogens is 3. The van der Waals surface area contributed by atoms with Crippen molar-refractivity contribution in [3.05, 3.63) is 59.7 Å². The third-order valence-corrected chi connectivity index (χ3v) is 5.23. The summed E-state index contributed by atoms with van der Waals surface area (Å²) >= 11 is 0. The van der Waals surface area contributed by atoms with Crippen LogP contribution in [0.5, 0.6) is 5.75 Å². The first-order valence-electron chi connectivity index (χ1n) is 9.93. The minimum atomic E-state index is -4.73. The summed E-state index contributed by atoms with van der Waals surface area (Å²) in [6.45, 7) is 2.39. The van der Waals surface area contributed by atoms with Crippen LogP contribution >= 0.6 is 13.5 Å². The van der Waals surface area contributed by atoms with E-state index in [2.05, 4.69) is 10.1 Å². The topological polar surface area (TPSA) is 60.2 Å². The zero-order valence-electron chi connectivity index (χ0n) is 17.9. The molecule has 0 spiro atoms. The Balaban J connectivity index is 0.00000306. The van der Waals surface area contributed by atoms with E-state index in [-0.39, 0.29) is 31.8 Å². The molecule has 0 N–H and O–H groups in total. The zero-order valence-corrected chi connectivity index (χ0v) is 18.9. The van der Waals surface area contributed by atoms with E-state index in [9.17, 15) is 22.4 Å². The highest BCUT2D eigenvalue weighted by molar-refractivity contribution is 7.59. The molecule has 6 nitrogen and oxygen atoms in total. The molecule has 1 aliphatic rings. The lowest BCUT2D eigenvalue weighted by molar-refractivity contribution is -0.138. The maximum Gasteiger partial charge on any atom is 0.420 e. The van der Waals surface area contributed by atoms with E-state index in [1.165, 1.54) is 11.0 Å². The summed E-state index contributed by atoms with van der Waals surface area (Å²) in [7, 11) is 0. The molecule has 2 aromatic heterocycles. The largest absolute Gasteiger partial charge is 0.490 e. The summed E-state index contributed by atoms with van der Waals surface area (Å²) in [4.78, 5) is 18.9. The van der Waals surface area contributed by atoms with Gasteiger partial charge in [0.2, 0.25) is 0 Å². The molecule has 0 unspecified atom stereocenters. The van der Waals surface area contributed by atoms with Crippen LogP contribution in [0, 0.1) is 6.92 Å². The van der Waals surface area contributed by atoms with Crippen LogP contribution in [-0.2, 0) is 6.18 Å². The SMILES string of the molecule is Cc1cc(-c2cnn3c2C(=O)N(c2ccc(OCCF)c(C(F)(F)F)c2)C[C@@H]3C)ccn1.S. The number of carbonyl (C=O) groups is 1. The van der Waals surface area contributed by atoms with Crippen molar-refractivity contribution in [2.45, 2.75) is 26.1 Å². The van der Waals surface area contributed by atoms with E-state index in [1.807, 2.05) is 19.9 Å². The van der Waals surface area contributed by atoms with Gasteiger partial charge in [0.15, 0.2) is 0 Å². The van der Waals surface area contributed by atoms with Gasteiger partial charge in [0, 0.05) is 29.7 Å². The summed E-state index contributed by atoms with van der Waals surface area (Å²) in [5.74, 6) is -0.940. The van der Waals surface area contributed by atoms with E-state index >= 15 is 0 Å². The number of fused-ring (bicyclic) bond motifs is 1. The number of benzene rings is 1. The molecule has 0 aliphatic carbocycles. The number of rotatable bonds is 5. The number of amides is 1. The zero-order chi connectivity index (χ0) is 23.0. The molecule has 0 radical (unpaired) electrons. The summed E-state index contributed by atoms with van der Waals surface area (Å²) in [5.41, 5.74) is 1.39. The van der Waals surface area contributed by atoms with Crippen molar-refractivity contribution in [2.24, 2.45) is 0 Å².